The number of ether oxygens (including phenoxy) is 1. The van der Waals surface area contributed by atoms with Gasteiger partial charge in [-0.25, -0.2) is 4.98 Å². The minimum atomic E-state index is -0.0632. The Balaban J connectivity index is 1.71. The number of carbonyl (C=O) groups excluding carboxylic acids is 1. The number of aromatic nitrogens is 1. The summed E-state index contributed by atoms with van der Waals surface area (Å²) in [5.74, 6) is 0.533. The zero-order chi connectivity index (χ0) is 14.4. The zero-order valence-electron chi connectivity index (χ0n) is 11.9. The highest BCUT2D eigenvalue weighted by Gasteiger charge is 2.05. The molecule has 0 saturated heterocycles. The smallest absolute Gasteiger partial charge is 0.246 e. The number of thiazole rings is 1. The van der Waals surface area contributed by atoms with Crippen molar-refractivity contribution in [2.45, 2.75) is 26.9 Å². The number of carbonyl (C=O) groups is 1. The van der Waals surface area contributed by atoms with Crippen molar-refractivity contribution < 1.29 is 9.53 Å². The molecule has 2 rings (SSSR count). The molecular weight excluding hydrogens is 272 g/mol. The summed E-state index contributed by atoms with van der Waals surface area (Å²) < 4.78 is 6.55. The Bertz CT molecular complexity index is 533. The van der Waals surface area contributed by atoms with Crippen molar-refractivity contribution in [3.05, 3.63) is 29.3 Å². The molecule has 4 nitrogen and oxygen atoms in total. The van der Waals surface area contributed by atoms with Crippen LogP contribution in [-0.4, -0.2) is 24.0 Å². The van der Waals surface area contributed by atoms with Crippen molar-refractivity contribution in [1.29, 1.82) is 0 Å². The van der Waals surface area contributed by atoms with Gasteiger partial charge in [0, 0.05) is 6.54 Å². The number of amides is 1. The van der Waals surface area contributed by atoms with Gasteiger partial charge in [-0.05, 0) is 24.5 Å². The molecule has 0 spiro atoms. The Morgan fingerprint density at radius 2 is 2.20 bits per heavy atom. The van der Waals surface area contributed by atoms with Crippen LogP contribution >= 0.6 is 11.3 Å². The van der Waals surface area contributed by atoms with Crippen molar-refractivity contribution in [1.82, 2.24) is 10.3 Å². The molecule has 20 heavy (non-hydrogen) atoms. The molecule has 108 valence electrons. The Kier molecular flexibility index (Phi) is 5.49. The highest BCUT2D eigenvalue weighted by atomic mass is 32.1. The molecule has 0 aliphatic carbocycles. The van der Waals surface area contributed by atoms with Gasteiger partial charge in [0.25, 0.3) is 0 Å². The molecule has 0 radical (unpaired) electrons. The molecule has 1 aromatic carbocycles. The summed E-state index contributed by atoms with van der Waals surface area (Å²) in [7, 11) is 0. The molecule has 2 aromatic rings. The van der Waals surface area contributed by atoms with Crippen molar-refractivity contribution in [3.63, 3.8) is 0 Å². The Labute approximate surface area is 123 Å². The Morgan fingerprint density at radius 1 is 1.40 bits per heavy atom. The third-order valence-corrected chi connectivity index (χ3v) is 3.85. The van der Waals surface area contributed by atoms with Gasteiger partial charge in [-0.3, -0.25) is 4.79 Å². The lowest BCUT2D eigenvalue weighted by molar-refractivity contribution is -0.126. The normalized spacial score (nSPS) is 11.2. The van der Waals surface area contributed by atoms with E-state index in [1.807, 2.05) is 24.3 Å². The molecule has 1 heterocycles. The molecule has 1 amide bonds. The lowest BCUT2D eigenvalue weighted by atomic mass is 10.1. The van der Waals surface area contributed by atoms with E-state index in [0.717, 1.165) is 21.6 Å². The van der Waals surface area contributed by atoms with Crippen molar-refractivity contribution >= 4 is 27.5 Å². The third kappa shape index (κ3) is 4.58. The predicted octanol–water partition coefficient (Wildman–Crippen LogP) is 2.98. The summed E-state index contributed by atoms with van der Waals surface area (Å²) in [5.41, 5.74) is 0.984. The van der Waals surface area contributed by atoms with Crippen LogP contribution in [0.1, 0.15) is 25.3 Å². The number of hydrogen-bond donors (Lipinski definition) is 1. The molecule has 0 aliphatic heterocycles. The van der Waals surface area contributed by atoms with Crippen molar-refractivity contribution in [2.75, 3.05) is 13.2 Å². The van der Waals surface area contributed by atoms with Gasteiger partial charge >= 0.3 is 0 Å². The highest BCUT2D eigenvalue weighted by molar-refractivity contribution is 7.18. The van der Waals surface area contributed by atoms with Crippen molar-refractivity contribution in [3.8, 4) is 0 Å². The fourth-order valence-corrected chi connectivity index (χ4v) is 2.67. The van der Waals surface area contributed by atoms with E-state index in [-0.39, 0.29) is 12.5 Å². The van der Waals surface area contributed by atoms with Crippen LogP contribution in [0.2, 0.25) is 0 Å². The van der Waals surface area contributed by atoms with Crippen LogP contribution in [0.4, 0.5) is 0 Å². The van der Waals surface area contributed by atoms with Crippen LogP contribution in [0, 0.1) is 5.92 Å². The first-order chi connectivity index (χ1) is 9.65. The van der Waals surface area contributed by atoms with E-state index in [9.17, 15) is 4.79 Å². The lowest BCUT2D eigenvalue weighted by Crippen LogP contribution is -2.29. The van der Waals surface area contributed by atoms with Gasteiger partial charge < -0.3 is 10.1 Å². The summed E-state index contributed by atoms with van der Waals surface area (Å²) in [6.45, 7) is 5.46. The van der Waals surface area contributed by atoms with Gasteiger partial charge in [0.15, 0.2) is 0 Å². The maximum Gasteiger partial charge on any atom is 0.246 e. The fraction of sp³-hybridized carbons (Fsp3) is 0.467. The molecule has 0 bridgehead atoms. The van der Waals surface area contributed by atoms with E-state index in [1.54, 1.807) is 11.3 Å². The first kappa shape index (κ1) is 14.9. The highest BCUT2D eigenvalue weighted by Crippen LogP contribution is 2.21. The van der Waals surface area contributed by atoms with Gasteiger partial charge in [-0.1, -0.05) is 26.0 Å². The van der Waals surface area contributed by atoms with E-state index in [0.29, 0.717) is 19.1 Å². The molecule has 1 aromatic heterocycles. The molecule has 1 N–H and O–H groups in total. The van der Waals surface area contributed by atoms with E-state index >= 15 is 0 Å². The minimum Gasteiger partial charge on any atom is -0.364 e. The molecule has 0 atom stereocenters. The summed E-state index contributed by atoms with van der Waals surface area (Å²) in [6, 6.07) is 7.98. The first-order valence-electron chi connectivity index (χ1n) is 6.84. The topological polar surface area (TPSA) is 51.2 Å². The minimum absolute atomic E-state index is 0.0632. The third-order valence-electron chi connectivity index (χ3n) is 2.84. The number of fused-ring (bicyclic) bond motifs is 1. The number of benzene rings is 1. The number of nitrogens with one attached hydrogen (secondary N) is 1. The quantitative estimate of drug-likeness (QED) is 0.853. The molecule has 0 unspecified atom stereocenters. The first-order valence-corrected chi connectivity index (χ1v) is 7.65. The average molecular weight is 292 g/mol. The standard InChI is InChI=1S/C15H20N2O2S/c1-11(2)7-8-16-14(18)9-19-10-15-17-12-5-3-4-6-13(12)20-15/h3-6,11H,7-10H2,1-2H3,(H,16,18). The SMILES string of the molecule is CC(C)CCNC(=O)COCc1nc2ccccc2s1. The van der Waals surface area contributed by atoms with Gasteiger partial charge in [-0.2, -0.15) is 0 Å². The van der Waals surface area contributed by atoms with E-state index in [4.69, 9.17) is 4.74 Å². The second-order valence-electron chi connectivity index (χ2n) is 5.10. The van der Waals surface area contributed by atoms with Gasteiger partial charge in [0.2, 0.25) is 5.91 Å². The molecular formula is C15H20N2O2S. The summed E-state index contributed by atoms with van der Waals surface area (Å²) in [6.07, 6.45) is 0.990. The van der Waals surface area contributed by atoms with Gasteiger partial charge in [0.05, 0.1) is 16.8 Å². The van der Waals surface area contributed by atoms with Crippen molar-refractivity contribution in [2.24, 2.45) is 5.92 Å². The van der Waals surface area contributed by atoms with E-state index in [1.165, 1.54) is 0 Å². The number of hydrogen-bond acceptors (Lipinski definition) is 4. The fourth-order valence-electron chi connectivity index (χ4n) is 1.76. The Hall–Kier alpha value is -1.46. The van der Waals surface area contributed by atoms with E-state index < -0.39 is 0 Å². The van der Waals surface area contributed by atoms with Crippen LogP contribution in [0.15, 0.2) is 24.3 Å². The number of nitrogens with zero attached hydrogens (tertiary/aromatic N) is 1. The molecule has 5 heteroatoms. The largest absolute Gasteiger partial charge is 0.364 e. The predicted molar refractivity (Wildman–Crippen MR) is 81.7 cm³/mol. The maximum absolute atomic E-state index is 11.5. The molecule has 0 aliphatic rings. The van der Waals surface area contributed by atoms with Crippen LogP contribution < -0.4 is 5.32 Å². The average Bonchev–Trinajstić information content (AvgIpc) is 2.80. The zero-order valence-corrected chi connectivity index (χ0v) is 12.7. The molecule has 0 fully saturated rings. The Morgan fingerprint density at radius 3 is 2.95 bits per heavy atom. The number of para-hydroxylation sites is 1. The second kappa shape index (κ2) is 7.36. The van der Waals surface area contributed by atoms with Crippen LogP contribution in [-0.2, 0) is 16.1 Å². The summed E-state index contributed by atoms with van der Waals surface area (Å²) in [4.78, 5) is 16.0. The van der Waals surface area contributed by atoms with Gasteiger partial charge in [-0.15, -0.1) is 11.3 Å². The lowest BCUT2D eigenvalue weighted by Gasteiger charge is -2.07. The van der Waals surface area contributed by atoms with Gasteiger partial charge in [0.1, 0.15) is 11.6 Å². The maximum atomic E-state index is 11.5. The number of rotatable bonds is 7. The van der Waals surface area contributed by atoms with Crippen LogP contribution in [0.3, 0.4) is 0 Å². The van der Waals surface area contributed by atoms with Crippen LogP contribution in [0.25, 0.3) is 10.2 Å². The monoisotopic (exact) mass is 292 g/mol. The molecule has 0 saturated carbocycles. The van der Waals surface area contributed by atoms with E-state index in [2.05, 4.69) is 24.1 Å². The summed E-state index contributed by atoms with van der Waals surface area (Å²) >= 11 is 1.60. The summed E-state index contributed by atoms with van der Waals surface area (Å²) in [5, 5.41) is 3.75. The second-order valence-corrected chi connectivity index (χ2v) is 6.22. The van der Waals surface area contributed by atoms with Crippen LogP contribution in [0.5, 0.6) is 0 Å².